The maximum atomic E-state index is 5.95. The molecule has 0 radical (unpaired) electrons. The zero-order valence-corrected chi connectivity index (χ0v) is 13.6. The zero-order valence-electron chi connectivity index (χ0n) is 10.4. The molecule has 20 heavy (non-hydrogen) atoms. The van der Waals surface area contributed by atoms with Gasteiger partial charge in [0.2, 0.25) is 5.28 Å². The summed E-state index contributed by atoms with van der Waals surface area (Å²) in [7, 11) is 1.61. The van der Waals surface area contributed by atoms with Crippen LogP contribution < -0.4 is 10.1 Å². The summed E-state index contributed by atoms with van der Waals surface area (Å²) >= 11 is 11.1. The summed E-state index contributed by atoms with van der Waals surface area (Å²) in [5, 5.41) is 9.62. The fourth-order valence-corrected chi connectivity index (χ4v) is 3.25. The first-order valence-corrected chi connectivity index (χ1v) is 7.78. The van der Waals surface area contributed by atoms with E-state index in [0.717, 1.165) is 9.99 Å². The molecule has 0 aliphatic rings. The number of thiophene rings is 1. The van der Waals surface area contributed by atoms with E-state index in [2.05, 4.69) is 37.4 Å². The Morgan fingerprint density at radius 3 is 3.10 bits per heavy atom. The van der Waals surface area contributed by atoms with Gasteiger partial charge >= 0.3 is 0 Å². The van der Waals surface area contributed by atoms with E-state index in [9.17, 15) is 0 Å². The molecule has 0 saturated heterocycles. The van der Waals surface area contributed by atoms with Gasteiger partial charge in [-0.1, -0.05) is 6.07 Å². The first-order valence-electron chi connectivity index (χ1n) is 5.73. The van der Waals surface area contributed by atoms with Crippen LogP contribution in [0.4, 0.5) is 5.82 Å². The van der Waals surface area contributed by atoms with Crippen molar-refractivity contribution in [2.45, 2.75) is 6.54 Å². The number of nitrogens with zero attached hydrogens (tertiary/aromatic N) is 3. The number of rotatable bonds is 4. The van der Waals surface area contributed by atoms with E-state index in [1.54, 1.807) is 29.2 Å². The van der Waals surface area contributed by atoms with Crippen LogP contribution in [0, 0.1) is 0 Å². The van der Waals surface area contributed by atoms with Crippen molar-refractivity contribution in [3.8, 4) is 5.75 Å². The lowest BCUT2D eigenvalue weighted by Crippen LogP contribution is -2.05. The second-order valence-corrected chi connectivity index (χ2v) is 6.19. The molecule has 0 amide bonds. The van der Waals surface area contributed by atoms with Crippen LogP contribution in [0.5, 0.6) is 5.75 Å². The smallest absolute Gasteiger partial charge is 0.243 e. The first-order chi connectivity index (χ1) is 9.69. The van der Waals surface area contributed by atoms with Gasteiger partial charge in [0.25, 0.3) is 0 Å². The minimum Gasteiger partial charge on any atom is -0.493 e. The molecular weight excluding hydrogens is 364 g/mol. The van der Waals surface area contributed by atoms with Crippen LogP contribution in [-0.4, -0.2) is 21.7 Å². The topological polar surface area (TPSA) is 51.5 Å². The molecule has 3 aromatic heterocycles. The predicted octanol–water partition coefficient (Wildman–Crippen LogP) is 3.83. The molecule has 0 spiro atoms. The van der Waals surface area contributed by atoms with Crippen molar-refractivity contribution < 1.29 is 4.74 Å². The third-order valence-corrected chi connectivity index (χ3v) is 4.33. The molecule has 3 rings (SSSR count). The quantitative estimate of drug-likeness (QED) is 0.755. The van der Waals surface area contributed by atoms with Crippen LogP contribution in [0.2, 0.25) is 5.28 Å². The Bertz CT molecular complexity index is 744. The van der Waals surface area contributed by atoms with Gasteiger partial charge in [0.05, 0.1) is 18.1 Å². The third kappa shape index (κ3) is 2.48. The molecule has 0 bridgehead atoms. The molecular formula is C12H10BrClN4OS. The molecule has 0 atom stereocenters. The number of nitrogens with one attached hydrogen (secondary N) is 1. The number of fused-ring (bicyclic) bond motifs is 1. The molecule has 0 unspecified atom stereocenters. The van der Waals surface area contributed by atoms with Gasteiger partial charge in [0.15, 0.2) is 17.1 Å². The Hall–Kier alpha value is -1.31. The average molecular weight is 374 g/mol. The summed E-state index contributed by atoms with van der Waals surface area (Å²) in [4.78, 5) is 5.46. The van der Waals surface area contributed by atoms with Crippen molar-refractivity contribution >= 4 is 50.2 Å². The summed E-state index contributed by atoms with van der Waals surface area (Å²) in [5.74, 6) is 1.32. The summed E-state index contributed by atoms with van der Waals surface area (Å²) in [6.07, 6.45) is 1.79. The number of anilines is 1. The molecule has 0 fully saturated rings. The van der Waals surface area contributed by atoms with Gasteiger partial charge in [-0.15, -0.1) is 16.4 Å². The molecule has 8 heteroatoms. The van der Waals surface area contributed by atoms with Gasteiger partial charge in [-0.2, -0.15) is 4.98 Å². The highest BCUT2D eigenvalue weighted by molar-refractivity contribution is 9.10. The second-order valence-electron chi connectivity index (χ2n) is 3.97. The highest BCUT2D eigenvalue weighted by Gasteiger charge is 2.16. The van der Waals surface area contributed by atoms with Gasteiger partial charge in [-0.05, 0) is 39.0 Å². The van der Waals surface area contributed by atoms with Gasteiger partial charge in [-0.25, -0.2) is 4.52 Å². The van der Waals surface area contributed by atoms with E-state index >= 15 is 0 Å². The normalized spacial score (nSPS) is 10.9. The largest absolute Gasteiger partial charge is 0.493 e. The van der Waals surface area contributed by atoms with Gasteiger partial charge in [0.1, 0.15) is 0 Å². The van der Waals surface area contributed by atoms with E-state index < -0.39 is 0 Å². The number of methoxy groups -OCH3 is 1. The summed E-state index contributed by atoms with van der Waals surface area (Å²) in [6.45, 7) is 0.673. The molecule has 0 aromatic carbocycles. The van der Waals surface area contributed by atoms with E-state index in [4.69, 9.17) is 16.3 Å². The highest BCUT2D eigenvalue weighted by atomic mass is 79.9. The van der Waals surface area contributed by atoms with Crippen molar-refractivity contribution in [3.63, 3.8) is 0 Å². The lowest BCUT2D eigenvalue weighted by molar-refractivity contribution is 0.417. The Morgan fingerprint density at radius 1 is 1.55 bits per heavy atom. The second kappa shape index (κ2) is 5.59. The fraction of sp³-hybridized carbons (Fsp3) is 0.167. The molecule has 104 valence electrons. The van der Waals surface area contributed by atoms with Gasteiger partial charge in [0, 0.05) is 11.1 Å². The molecule has 3 aromatic rings. The van der Waals surface area contributed by atoms with E-state index in [1.165, 1.54) is 4.88 Å². The number of ether oxygens (including phenoxy) is 1. The minimum atomic E-state index is 0.177. The summed E-state index contributed by atoms with van der Waals surface area (Å²) in [5.41, 5.74) is 0.750. The van der Waals surface area contributed by atoms with Crippen LogP contribution in [0.15, 0.2) is 28.2 Å². The Morgan fingerprint density at radius 2 is 2.40 bits per heavy atom. The van der Waals surface area contributed by atoms with E-state index in [1.807, 2.05) is 11.4 Å². The zero-order chi connectivity index (χ0) is 14.1. The third-order valence-electron chi connectivity index (χ3n) is 2.73. The lowest BCUT2D eigenvalue weighted by atomic mass is 10.4. The first kappa shape index (κ1) is 13.7. The fourth-order valence-electron chi connectivity index (χ4n) is 1.90. The summed E-state index contributed by atoms with van der Waals surface area (Å²) in [6, 6.07) is 4.07. The van der Waals surface area contributed by atoms with Crippen LogP contribution in [0.25, 0.3) is 5.52 Å². The standard InChI is InChI=1S/C12H10BrClN4OS/c1-19-10-8(13)6-18-9(10)11(16-12(14)17-18)15-5-7-3-2-4-20-7/h2-4,6H,5H2,1H3,(H,15,16,17). The van der Waals surface area contributed by atoms with E-state index in [0.29, 0.717) is 18.1 Å². The van der Waals surface area contributed by atoms with Gasteiger partial charge < -0.3 is 10.1 Å². The maximum absolute atomic E-state index is 5.95. The van der Waals surface area contributed by atoms with E-state index in [-0.39, 0.29) is 5.28 Å². The molecule has 3 heterocycles. The van der Waals surface area contributed by atoms with Gasteiger partial charge in [-0.3, -0.25) is 0 Å². The van der Waals surface area contributed by atoms with Crippen molar-refractivity contribution in [1.82, 2.24) is 14.6 Å². The highest BCUT2D eigenvalue weighted by Crippen LogP contribution is 2.35. The molecule has 1 N–H and O–H groups in total. The average Bonchev–Trinajstić information content (AvgIpc) is 3.02. The molecule has 0 aliphatic carbocycles. The van der Waals surface area contributed by atoms with Crippen molar-refractivity contribution in [2.75, 3.05) is 12.4 Å². The van der Waals surface area contributed by atoms with Crippen LogP contribution in [-0.2, 0) is 6.54 Å². The number of hydrogen-bond donors (Lipinski definition) is 1. The number of halogens is 2. The van der Waals surface area contributed by atoms with Crippen LogP contribution >= 0.6 is 38.9 Å². The molecule has 0 aliphatic heterocycles. The van der Waals surface area contributed by atoms with Crippen molar-refractivity contribution in [3.05, 3.63) is 38.3 Å². The predicted molar refractivity (Wildman–Crippen MR) is 83.9 cm³/mol. The van der Waals surface area contributed by atoms with Crippen molar-refractivity contribution in [1.29, 1.82) is 0 Å². The van der Waals surface area contributed by atoms with Crippen LogP contribution in [0.3, 0.4) is 0 Å². The Kier molecular flexibility index (Phi) is 3.82. The SMILES string of the molecule is COc1c(Br)cn2nc(Cl)nc(NCc3cccs3)c12. The minimum absolute atomic E-state index is 0.177. The monoisotopic (exact) mass is 372 g/mol. The molecule has 5 nitrogen and oxygen atoms in total. The Labute approximate surface area is 132 Å². The summed E-state index contributed by atoms with van der Waals surface area (Å²) < 4.78 is 7.84. The van der Waals surface area contributed by atoms with Crippen molar-refractivity contribution in [2.24, 2.45) is 0 Å². The maximum Gasteiger partial charge on any atom is 0.243 e. The Balaban J connectivity index is 2.03. The molecule has 0 saturated carbocycles. The number of hydrogen-bond acceptors (Lipinski definition) is 5. The number of aromatic nitrogens is 3. The van der Waals surface area contributed by atoms with Crippen LogP contribution in [0.1, 0.15) is 4.88 Å². The lowest BCUT2D eigenvalue weighted by Gasteiger charge is -2.08.